The first-order valence-corrected chi connectivity index (χ1v) is 8.72. The zero-order chi connectivity index (χ0) is 17.3. The van der Waals surface area contributed by atoms with Gasteiger partial charge in [0, 0.05) is 49.6 Å². The molecule has 0 radical (unpaired) electrons. The molecular weight excluding hydrogens is 314 g/mol. The minimum absolute atomic E-state index is 0.0285. The van der Waals surface area contributed by atoms with Crippen LogP contribution in [0.5, 0.6) is 0 Å². The summed E-state index contributed by atoms with van der Waals surface area (Å²) in [6.45, 7) is 2.48. The van der Waals surface area contributed by atoms with Gasteiger partial charge in [0.1, 0.15) is 0 Å². The van der Waals surface area contributed by atoms with E-state index < -0.39 is 5.54 Å². The average molecular weight is 337 g/mol. The van der Waals surface area contributed by atoms with Crippen LogP contribution in [0.2, 0.25) is 0 Å². The van der Waals surface area contributed by atoms with Crippen LogP contribution in [0.15, 0.2) is 48.9 Å². The first kappa shape index (κ1) is 15.9. The molecule has 1 aromatic carbocycles. The van der Waals surface area contributed by atoms with E-state index in [1.807, 2.05) is 23.1 Å². The number of nitrogens with one attached hydrogen (secondary N) is 2. The molecule has 130 valence electrons. The summed E-state index contributed by atoms with van der Waals surface area (Å²) in [5.74, 6) is 0.0285. The van der Waals surface area contributed by atoms with Crippen molar-refractivity contribution in [3.63, 3.8) is 0 Å². The number of carbonyl (C=O) groups is 1. The number of hydrogen-bond donors (Lipinski definition) is 2. The predicted octanol–water partition coefficient (Wildman–Crippen LogP) is 2.10. The molecule has 0 bridgehead atoms. The summed E-state index contributed by atoms with van der Waals surface area (Å²) in [6.07, 6.45) is 7.38. The second-order valence-corrected chi connectivity index (χ2v) is 6.73. The quantitative estimate of drug-likeness (QED) is 0.766. The van der Waals surface area contributed by atoms with Crippen LogP contribution in [0.3, 0.4) is 0 Å². The van der Waals surface area contributed by atoms with Gasteiger partial charge in [0.2, 0.25) is 5.91 Å². The number of nitrogens with zero attached hydrogens (tertiary/aromatic N) is 3. The number of amides is 1. The molecule has 4 rings (SSSR count). The van der Waals surface area contributed by atoms with Crippen molar-refractivity contribution in [2.24, 2.45) is 0 Å². The zero-order valence-corrected chi connectivity index (χ0v) is 14.4. The lowest BCUT2D eigenvalue weighted by molar-refractivity contribution is -0.133. The van der Waals surface area contributed by atoms with Crippen LogP contribution in [0.4, 0.5) is 0 Å². The van der Waals surface area contributed by atoms with E-state index in [-0.39, 0.29) is 5.91 Å². The summed E-state index contributed by atoms with van der Waals surface area (Å²) < 4.78 is 1.83. The minimum Gasteiger partial charge on any atom is -0.361 e. The fourth-order valence-electron chi connectivity index (χ4n) is 4.02. The first-order chi connectivity index (χ1) is 12.2. The van der Waals surface area contributed by atoms with Crippen LogP contribution < -0.4 is 5.32 Å². The number of benzene rings is 1. The molecule has 1 atom stereocenters. The number of likely N-dealkylation sites (N-methyl/N-ethyl adjacent to an activating group) is 1. The standard InChI is InChI=1S/C19H23N5O/c1-20-18(25)19(24-12-4-9-22-24)8-3-11-23(14-19)13-15-5-2-6-17-16(15)7-10-21-17/h2,4-7,9-10,12,21H,3,8,11,13-14H2,1H3,(H,20,25). The number of aromatic nitrogens is 3. The van der Waals surface area contributed by atoms with Crippen LogP contribution in [0.25, 0.3) is 10.9 Å². The third-order valence-corrected chi connectivity index (χ3v) is 5.22. The number of rotatable bonds is 4. The summed E-state index contributed by atoms with van der Waals surface area (Å²) in [6, 6.07) is 10.3. The van der Waals surface area contributed by atoms with Gasteiger partial charge in [0.05, 0.1) is 0 Å². The third kappa shape index (κ3) is 2.72. The van der Waals surface area contributed by atoms with Gasteiger partial charge in [0.25, 0.3) is 0 Å². The molecule has 25 heavy (non-hydrogen) atoms. The molecule has 1 aliphatic rings. The van der Waals surface area contributed by atoms with E-state index in [1.54, 1.807) is 13.2 Å². The first-order valence-electron chi connectivity index (χ1n) is 8.72. The van der Waals surface area contributed by atoms with Crippen LogP contribution in [0, 0.1) is 0 Å². The highest BCUT2D eigenvalue weighted by Crippen LogP contribution is 2.30. The number of likely N-dealkylation sites (tertiary alicyclic amines) is 1. The number of hydrogen-bond acceptors (Lipinski definition) is 3. The highest BCUT2D eigenvalue weighted by atomic mass is 16.2. The van der Waals surface area contributed by atoms with Gasteiger partial charge in [-0.15, -0.1) is 0 Å². The second-order valence-electron chi connectivity index (χ2n) is 6.73. The minimum atomic E-state index is -0.636. The Bertz CT molecular complexity index is 869. The van der Waals surface area contributed by atoms with Crippen LogP contribution in [0.1, 0.15) is 18.4 Å². The van der Waals surface area contributed by atoms with Gasteiger partial charge in [-0.2, -0.15) is 5.10 Å². The molecule has 1 saturated heterocycles. The van der Waals surface area contributed by atoms with E-state index in [0.717, 1.165) is 31.4 Å². The summed E-state index contributed by atoms with van der Waals surface area (Å²) >= 11 is 0. The fourth-order valence-corrected chi connectivity index (χ4v) is 4.02. The van der Waals surface area contributed by atoms with E-state index in [0.29, 0.717) is 6.54 Å². The average Bonchev–Trinajstić information content (AvgIpc) is 3.33. The Morgan fingerprint density at radius 2 is 2.28 bits per heavy atom. The molecule has 3 heterocycles. The monoisotopic (exact) mass is 337 g/mol. The van der Waals surface area contributed by atoms with Crippen LogP contribution in [-0.4, -0.2) is 45.7 Å². The topological polar surface area (TPSA) is 66.0 Å². The summed E-state index contributed by atoms with van der Waals surface area (Å²) in [5.41, 5.74) is 1.80. The van der Waals surface area contributed by atoms with Crippen LogP contribution in [-0.2, 0) is 16.9 Å². The third-order valence-electron chi connectivity index (χ3n) is 5.22. The molecule has 1 fully saturated rings. The van der Waals surface area contributed by atoms with Crippen molar-refractivity contribution in [3.8, 4) is 0 Å². The Labute approximate surface area is 146 Å². The Kier molecular flexibility index (Phi) is 4.05. The molecule has 1 aliphatic heterocycles. The SMILES string of the molecule is CNC(=O)C1(n2cccn2)CCCN(Cc2cccc3[nH]ccc23)C1. The molecule has 3 aromatic rings. The Balaban J connectivity index is 1.63. The van der Waals surface area contributed by atoms with Crippen molar-refractivity contribution >= 4 is 16.8 Å². The van der Waals surface area contributed by atoms with E-state index in [9.17, 15) is 4.79 Å². The summed E-state index contributed by atoms with van der Waals surface area (Å²) in [7, 11) is 1.70. The number of fused-ring (bicyclic) bond motifs is 1. The molecule has 2 aromatic heterocycles. The largest absolute Gasteiger partial charge is 0.361 e. The maximum absolute atomic E-state index is 12.8. The molecule has 0 spiro atoms. The number of carbonyl (C=O) groups excluding carboxylic acids is 1. The van der Waals surface area contributed by atoms with Crippen molar-refractivity contribution in [1.29, 1.82) is 0 Å². The Morgan fingerprint density at radius 1 is 1.36 bits per heavy atom. The normalized spacial score (nSPS) is 21.5. The summed E-state index contributed by atoms with van der Waals surface area (Å²) in [4.78, 5) is 18.4. The summed E-state index contributed by atoms with van der Waals surface area (Å²) in [5, 5.41) is 8.48. The van der Waals surface area contributed by atoms with Crippen molar-refractivity contribution in [2.45, 2.75) is 24.9 Å². The number of aromatic amines is 1. The lowest BCUT2D eigenvalue weighted by Gasteiger charge is -2.41. The van der Waals surface area contributed by atoms with Crippen molar-refractivity contribution in [1.82, 2.24) is 25.0 Å². The van der Waals surface area contributed by atoms with Crippen molar-refractivity contribution in [2.75, 3.05) is 20.1 Å². The molecule has 0 aliphatic carbocycles. The molecule has 1 unspecified atom stereocenters. The maximum atomic E-state index is 12.8. The highest BCUT2D eigenvalue weighted by Gasteiger charge is 2.44. The molecule has 6 nitrogen and oxygen atoms in total. The lowest BCUT2D eigenvalue weighted by atomic mass is 9.87. The van der Waals surface area contributed by atoms with E-state index in [1.165, 1.54) is 10.9 Å². The Morgan fingerprint density at radius 3 is 3.08 bits per heavy atom. The lowest BCUT2D eigenvalue weighted by Crippen LogP contribution is -2.57. The van der Waals surface area contributed by atoms with Gasteiger partial charge in [-0.1, -0.05) is 12.1 Å². The molecule has 1 amide bonds. The van der Waals surface area contributed by atoms with E-state index >= 15 is 0 Å². The van der Waals surface area contributed by atoms with Crippen LogP contribution >= 0.6 is 0 Å². The fraction of sp³-hybridized carbons (Fsp3) is 0.368. The molecule has 0 saturated carbocycles. The molecule has 2 N–H and O–H groups in total. The maximum Gasteiger partial charge on any atom is 0.249 e. The smallest absolute Gasteiger partial charge is 0.249 e. The van der Waals surface area contributed by atoms with Crippen molar-refractivity contribution in [3.05, 3.63) is 54.5 Å². The van der Waals surface area contributed by atoms with Crippen molar-refractivity contribution < 1.29 is 4.79 Å². The van der Waals surface area contributed by atoms with Gasteiger partial charge >= 0.3 is 0 Å². The van der Waals surface area contributed by atoms with E-state index in [2.05, 4.69) is 44.6 Å². The zero-order valence-electron chi connectivity index (χ0n) is 14.4. The van der Waals surface area contributed by atoms with Gasteiger partial charge in [-0.3, -0.25) is 14.4 Å². The predicted molar refractivity (Wildman–Crippen MR) is 97.1 cm³/mol. The van der Waals surface area contributed by atoms with E-state index in [4.69, 9.17) is 0 Å². The number of piperidine rings is 1. The van der Waals surface area contributed by atoms with Gasteiger partial charge < -0.3 is 10.3 Å². The Hall–Kier alpha value is -2.60. The molecular formula is C19H23N5O. The number of H-pyrrole nitrogens is 1. The van der Waals surface area contributed by atoms with Gasteiger partial charge in [0.15, 0.2) is 5.54 Å². The second kappa shape index (κ2) is 6.37. The van der Waals surface area contributed by atoms with Gasteiger partial charge in [-0.25, -0.2) is 0 Å². The van der Waals surface area contributed by atoms with Gasteiger partial charge in [-0.05, 0) is 43.1 Å². The molecule has 6 heteroatoms. The highest BCUT2D eigenvalue weighted by molar-refractivity contribution is 5.85.